The highest BCUT2D eigenvalue weighted by Gasteiger charge is 2.37. The van der Waals surface area contributed by atoms with Crippen molar-refractivity contribution in [3.63, 3.8) is 0 Å². The first kappa shape index (κ1) is 23.7. The second-order valence-electron chi connectivity index (χ2n) is 7.85. The van der Waals surface area contributed by atoms with Crippen molar-refractivity contribution < 1.29 is 22.4 Å². The van der Waals surface area contributed by atoms with Crippen LogP contribution < -0.4 is 5.32 Å². The van der Waals surface area contributed by atoms with Crippen LogP contribution in [0.2, 0.25) is 0 Å². The highest BCUT2D eigenvalue weighted by atomic mass is 32.1. The van der Waals surface area contributed by atoms with Crippen LogP contribution in [-0.2, 0) is 23.8 Å². The van der Waals surface area contributed by atoms with E-state index < -0.39 is 12.0 Å². The van der Waals surface area contributed by atoms with Crippen LogP contribution in [0, 0.1) is 26.6 Å². The molecule has 0 radical (unpaired) electrons. The molecule has 3 aromatic heterocycles. The average Bonchev–Trinajstić information content (AvgIpc) is 3.37. The fraction of sp³-hybridized carbons (Fsp3) is 0.318. The van der Waals surface area contributed by atoms with Gasteiger partial charge in [0.15, 0.2) is 5.13 Å². The molecule has 1 amide bonds. The van der Waals surface area contributed by atoms with Gasteiger partial charge in [-0.05, 0) is 49.9 Å². The SMILES string of the molecule is Cc1ccc(Cc2cnc(NC(=O)CCc3c(C)nc4nc(C(F)(F)F)nn4c3C)s2)cc1F. The predicted molar refractivity (Wildman–Crippen MR) is 118 cm³/mol. The minimum atomic E-state index is -4.67. The Balaban J connectivity index is 1.41. The summed E-state index contributed by atoms with van der Waals surface area (Å²) in [6, 6.07) is 5.04. The van der Waals surface area contributed by atoms with Crippen molar-refractivity contribution in [3.05, 3.63) is 69.0 Å². The number of carbonyl (C=O) groups is 1. The topological polar surface area (TPSA) is 85.1 Å². The van der Waals surface area contributed by atoms with Gasteiger partial charge in [0.25, 0.3) is 11.6 Å². The molecule has 0 saturated heterocycles. The summed E-state index contributed by atoms with van der Waals surface area (Å²) in [5.41, 5.74) is 2.94. The molecule has 0 bridgehead atoms. The summed E-state index contributed by atoms with van der Waals surface area (Å²) in [7, 11) is 0. The molecule has 0 aliphatic carbocycles. The van der Waals surface area contributed by atoms with Crippen LogP contribution in [0.4, 0.5) is 22.7 Å². The summed E-state index contributed by atoms with van der Waals surface area (Å²) in [6.45, 7) is 4.97. The number of nitrogens with zero attached hydrogens (tertiary/aromatic N) is 5. The normalized spacial score (nSPS) is 11.9. The van der Waals surface area contributed by atoms with Crippen molar-refractivity contribution in [1.29, 1.82) is 0 Å². The lowest BCUT2D eigenvalue weighted by Crippen LogP contribution is -2.14. The van der Waals surface area contributed by atoms with Gasteiger partial charge < -0.3 is 5.32 Å². The van der Waals surface area contributed by atoms with Gasteiger partial charge in [0, 0.05) is 35.3 Å². The molecular formula is C22H20F4N6OS. The number of halogens is 4. The number of hydrogen-bond donors (Lipinski definition) is 1. The first-order valence-electron chi connectivity index (χ1n) is 10.3. The third-order valence-electron chi connectivity index (χ3n) is 5.32. The summed E-state index contributed by atoms with van der Waals surface area (Å²) in [6.07, 6.45) is -2.21. The van der Waals surface area contributed by atoms with Gasteiger partial charge in [0.1, 0.15) is 5.82 Å². The summed E-state index contributed by atoms with van der Waals surface area (Å²) >= 11 is 1.29. The molecule has 4 rings (SSSR count). The molecule has 12 heteroatoms. The standard InChI is InChI=1S/C22H20F4N6OS/c1-11-4-5-14(9-17(11)23)8-15-10-27-21(34-15)29-18(33)7-6-16-12(2)28-20-30-19(22(24,25)26)31-32(20)13(16)3/h4-5,9-10H,6-8H2,1-3H3,(H,27,29,33). The molecule has 4 aromatic rings. The maximum atomic E-state index is 13.7. The zero-order chi connectivity index (χ0) is 24.6. The average molecular weight is 493 g/mol. The van der Waals surface area contributed by atoms with E-state index in [0.717, 1.165) is 15.0 Å². The number of aryl methyl sites for hydroxylation is 3. The van der Waals surface area contributed by atoms with Gasteiger partial charge in [-0.25, -0.2) is 18.9 Å². The van der Waals surface area contributed by atoms with E-state index in [4.69, 9.17) is 0 Å². The number of fused-ring (bicyclic) bond motifs is 1. The molecule has 0 atom stereocenters. The van der Waals surface area contributed by atoms with Crippen LogP contribution in [0.1, 0.15) is 45.2 Å². The summed E-state index contributed by atoms with van der Waals surface area (Å²) in [5, 5.41) is 6.66. The van der Waals surface area contributed by atoms with Crippen LogP contribution in [0.15, 0.2) is 24.4 Å². The van der Waals surface area contributed by atoms with Crippen LogP contribution in [0.25, 0.3) is 5.78 Å². The first-order valence-corrected chi connectivity index (χ1v) is 11.1. The van der Waals surface area contributed by atoms with Gasteiger partial charge in [-0.1, -0.05) is 12.1 Å². The largest absolute Gasteiger partial charge is 0.453 e. The zero-order valence-electron chi connectivity index (χ0n) is 18.5. The number of hydrogen-bond acceptors (Lipinski definition) is 6. The Bertz CT molecular complexity index is 1380. The van der Waals surface area contributed by atoms with E-state index in [-0.39, 0.29) is 30.3 Å². The van der Waals surface area contributed by atoms with Crippen LogP contribution >= 0.6 is 11.3 Å². The Hall–Kier alpha value is -3.41. The summed E-state index contributed by atoms with van der Waals surface area (Å²) in [5.74, 6) is -1.96. The minimum Gasteiger partial charge on any atom is -0.302 e. The molecule has 34 heavy (non-hydrogen) atoms. The van der Waals surface area contributed by atoms with E-state index in [1.807, 2.05) is 6.07 Å². The molecule has 1 aromatic carbocycles. The number of anilines is 1. The molecule has 178 valence electrons. The number of aromatic nitrogens is 5. The van der Waals surface area contributed by atoms with Crippen molar-refractivity contribution >= 4 is 28.2 Å². The van der Waals surface area contributed by atoms with E-state index in [9.17, 15) is 22.4 Å². The molecule has 0 aliphatic rings. The van der Waals surface area contributed by atoms with Gasteiger partial charge in [-0.15, -0.1) is 16.4 Å². The molecule has 3 heterocycles. The monoisotopic (exact) mass is 492 g/mol. The zero-order valence-corrected chi connectivity index (χ0v) is 19.3. The lowest BCUT2D eigenvalue weighted by molar-refractivity contribution is -0.144. The van der Waals surface area contributed by atoms with Crippen molar-refractivity contribution in [2.24, 2.45) is 0 Å². The van der Waals surface area contributed by atoms with Crippen LogP contribution in [-0.4, -0.2) is 30.5 Å². The molecule has 0 unspecified atom stereocenters. The number of amides is 1. The molecule has 1 N–H and O–H groups in total. The lowest BCUT2D eigenvalue weighted by Gasteiger charge is -2.10. The Kier molecular flexibility index (Phi) is 6.34. The maximum Gasteiger partial charge on any atom is 0.453 e. The highest BCUT2D eigenvalue weighted by Crippen LogP contribution is 2.27. The Morgan fingerprint density at radius 3 is 2.65 bits per heavy atom. The van der Waals surface area contributed by atoms with E-state index in [2.05, 4.69) is 25.4 Å². The van der Waals surface area contributed by atoms with Crippen molar-refractivity contribution in [1.82, 2.24) is 24.6 Å². The number of carbonyl (C=O) groups excluding carboxylic acids is 1. The summed E-state index contributed by atoms with van der Waals surface area (Å²) < 4.78 is 53.6. The van der Waals surface area contributed by atoms with Crippen LogP contribution in [0.3, 0.4) is 0 Å². The number of rotatable bonds is 6. The molecule has 0 fully saturated rings. The third kappa shape index (κ3) is 5.06. The predicted octanol–water partition coefficient (Wildman–Crippen LogP) is 4.83. The van der Waals surface area contributed by atoms with Gasteiger partial charge in [-0.2, -0.15) is 18.2 Å². The van der Waals surface area contributed by atoms with Crippen molar-refractivity contribution in [2.45, 2.75) is 46.2 Å². The van der Waals surface area contributed by atoms with E-state index in [0.29, 0.717) is 34.1 Å². The van der Waals surface area contributed by atoms with Crippen LogP contribution in [0.5, 0.6) is 0 Å². The minimum absolute atomic E-state index is 0.0772. The molecular weight excluding hydrogens is 472 g/mol. The second kappa shape index (κ2) is 9.09. The van der Waals surface area contributed by atoms with Gasteiger partial charge in [-0.3, -0.25) is 4.79 Å². The van der Waals surface area contributed by atoms with Gasteiger partial charge >= 0.3 is 6.18 Å². The van der Waals surface area contributed by atoms with Gasteiger partial charge in [0.05, 0.1) is 0 Å². The molecule has 7 nitrogen and oxygen atoms in total. The fourth-order valence-corrected chi connectivity index (χ4v) is 4.37. The third-order valence-corrected chi connectivity index (χ3v) is 6.23. The Labute approximate surface area is 195 Å². The highest BCUT2D eigenvalue weighted by molar-refractivity contribution is 7.15. The maximum absolute atomic E-state index is 13.7. The van der Waals surface area contributed by atoms with E-state index in [1.54, 1.807) is 33.0 Å². The molecule has 0 aliphatic heterocycles. The van der Waals surface area contributed by atoms with E-state index >= 15 is 0 Å². The second-order valence-corrected chi connectivity index (χ2v) is 8.96. The smallest absolute Gasteiger partial charge is 0.302 e. The van der Waals surface area contributed by atoms with Crippen molar-refractivity contribution in [3.8, 4) is 0 Å². The number of nitrogens with one attached hydrogen (secondary N) is 1. The lowest BCUT2D eigenvalue weighted by atomic mass is 10.1. The first-order chi connectivity index (χ1) is 16.0. The fourth-order valence-electron chi connectivity index (χ4n) is 3.51. The summed E-state index contributed by atoms with van der Waals surface area (Å²) in [4.78, 5) is 25.1. The number of thiazole rings is 1. The Morgan fingerprint density at radius 1 is 1.18 bits per heavy atom. The Morgan fingerprint density at radius 2 is 1.94 bits per heavy atom. The van der Waals surface area contributed by atoms with Gasteiger partial charge in [0.2, 0.25) is 5.91 Å². The molecule has 0 saturated carbocycles. The quantitative estimate of drug-likeness (QED) is 0.390. The van der Waals surface area contributed by atoms with Crippen molar-refractivity contribution in [2.75, 3.05) is 5.32 Å². The number of benzene rings is 1. The molecule has 0 spiro atoms. The van der Waals surface area contributed by atoms with E-state index in [1.165, 1.54) is 17.4 Å². The number of alkyl halides is 3.